The van der Waals surface area contributed by atoms with Crippen LogP contribution in [0.5, 0.6) is 11.5 Å². The van der Waals surface area contributed by atoms with Gasteiger partial charge in [0.15, 0.2) is 5.75 Å². The molecule has 2 heterocycles. The van der Waals surface area contributed by atoms with Gasteiger partial charge in [-0.1, -0.05) is 0 Å². The summed E-state index contributed by atoms with van der Waals surface area (Å²) in [6.07, 6.45) is -1.29. The van der Waals surface area contributed by atoms with Crippen molar-refractivity contribution in [2.75, 3.05) is 13.1 Å². The molecule has 1 saturated heterocycles. The Kier molecular flexibility index (Phi) is 3.50. The molecule has 110 valence electrons. The first-order chi connectivity index (χ1) is 10.0. The SMILES string of the molecule is FC(F)(F)c1ccc(Oc2cnc(C3CNC3)nc2)cc1. The zero-order chi connectivity index (χ0) is 14.9. The van der Waals surface area contributed by atoms with Crippen LogP contribution in [0.25, 0.3) is 0 Å². The normalized spacial score (nSPS) is 15.6. The van der Waals surface area contributed by atoms with Crippen LogP contribution in [0.4, 0.5) is 13.2 Å². The molecule has 0 unspecified atom stereocenters. The Labute approximate surface area is 119 Å². The van der Waals surface area contributed by atoms with Crippen molar-refractivity contribution < 1.29 is 17.9 Å². The number of hydrogen-bond acceptors (Lipinski definition) is 4. The highest BCUT2D eigenvalue weighted by atomic mass is 19.4. The van der Waals surface area contributed by atoms with Crippen molar-refractivity contribution in [3.05, 3.63) is 48.0 Å². The van der Waals surface area contributed by atoms with Crippen LogP contribution in [0.15, 0.2) is 36.7 Å². The van der Waals surface area contributed by atoms with E-state index >= 15 is 0 Å². The predicted molar refractivity (Wildman–Crippen MR) is 69.2 cm³/mol. The summed E-state index contributed by atoms with van der Waals surface area (Å²) in [4.78, 5) is 8.40. The fourth-order valence-electron chi connectivity index (χ4n) is 1.91. The quantitative estimate of drug-likeness (QED) is 0.945. The second-order valence-electron chi connectivity index (χ2n) is 4.76. The van der Waals surface area contributed by atoms with Crippen LogP contribution in [0, 0.1) is 0 Å². The van der Waals surface area contributed by atoms with Crippen LogP contribution in [0.2, 0.25) is 0 Å². The average Bonchev–Trinajstić information content (AvgIpc) is 2.39. The first-order valence-electron chi connectivity index (χ1n) is 6.40. The van der Waals surface area contributed by atoms with Gasteiger partial charge in [0.1, 0.15) is 11.6 Å². The molecule has 1 aromatic carbocycles. The molecule has 1 aromatic heterocycles. The summed E-state index contributed by atoms with van der Waals surface area (Å²) in [7, 11) is 0. The molecule has 4 nitrogen and oxygen atoms in total. The molecule has 0 saturated carbocycles. The topological polar surface area (TPSA) is 47.0 Å². The summed E-state index contributed by atoms with van der Waals surface area (Å²) >= 11 is 0. The van der Waals surface area contributed by atoms with Gasteiger partial charge in [0.25, 0.3) is 0 Å². The summed E-state index contributed by atoms with van der Waals surface area (Å²) in [5, 5.41) is 3.13. The van der Waals surface area contributed by atoms with E-state index < -0.39 is 11.7 Å². The zero-order valence-electron chi connectivity index (χ0n) is 10.9. The molecule has 7 heteroatoms. The van der Waals surface area contributed by atoms with E-state index in [0.29, 0.717) is 17.4 Å². The van der Waals surface area contributed by atoms with Crippen LogP contribution < -0.4 is 10.1 Å². The van der Waals surface area contributed by atoms with Crippen LogP contribution in [-0.2, 0) is 6.18 Å². The van der Waals surface area contributed by atoms with E-state index in [1.165, 1.54) is 24.5 Å². The number of ether oxygens (including phenoxy) is 1. The third kappa shape index (κ3) is 3.13. The number of hydrogen-bond donors (Lipinski definition) is 1. The third-order valence-corrected chi connectivity index (χ3v) is 3.21. The summed E-state index contributed by atoms with van der Waals surface area (Å²) in [5.41, 5.74) is -0.709. The second kappa shape index (κ2) is 5.33. The van der Waals surface area contributed by atoms with E-state index in [2.05, 4.69) is 15.3 Å². The molecule has 0 aliphatic carbocycles. The number of nitrogens with one attached hydrogen (secondary N) is 1. The van der Waals surface area contributed by atoms with Gasteiger partial charge < -0.3 is 10.1 Å². The molecule has 0 atom stereocenters. The van der Waals surface area contributed by atoms with Gasteiger partial charge in [0, 0.05) is 19.0 Å². The van der Waals surface area contributed by atoms with Crippen LogP contribution >= 0.6 is 0 Å². The van der Waals surface area contributed by atoms with E-state index in [4.69, 9.17) is 4.74 Å². The van der Waals surface area contributed by atoms with E-state index in [1.54, 1.807) is 0 Å². The Morgan fingerprint density at radius 1 is 1.00 bits per heavy atom. The minimum atomic E-state index is -4.35. The number of rotatable bonds is 3. The fraction of sp³-hybridized carbons (Fsp3) is 0.286. The highest BCUT2D eigenvalue weighted by Gasteiger charge is 2.30. The van der Waals surface area contributed by atoms with Crippen molar-refractivity contribution in [1.29, 1.82) is 0 Å². The number of halogens is 3. The summed E-state index contributed by atoms with van der Waals surface area (Å²) in [6.45, 7) is 1.72. The first kappa shape index (κ1) is 13.8. The molecule has 1 fully saturated rings. The standard InChI is InChI=1S/C14H12F3N3O/c15-14(16,17)10-1-3-11(4-2-10)21-12-7-19-13(20-8-12)9-5-18-6-9/h1-4,7-9,18H,5-6H2. The van der Waals surface area contributed by atoms with Crippen molar-refractivity contribution in [3.63, 3.8) is 0 Å². The number of nitrogens with zero attached hydrogens (tertiary/aromatic N) is 2. The zero-order valence-corrected chi connectivity index (χ0v) is 10.9. The molecular weight excluding hydrogens is 283 g/mol. The van der Waals surface area contributed by atoms with E-state index in [0.717, 1.165) is 31.0 Å². The van der Waals surface area contributed by atoms with Gasteiger partial charge in [0.05, 0.1) is 18.0 Å². The average molecular weight is 295 g/mol. The van der Waals surface area contributed by atoms with E-state index in [1.807, 2.05) is 0 Å². The van der Waals surface area contributed by atoms with Gasteiger partial charge in [-0.25, -0.2) is 9.97 Å². The monoisotopic (exact) mass is 295 g/mol. The minimum Gasteiger partial charge on any atom is -0.454 e. The molecule has 1 aliphatic heterocycles. The Morgan fingerprint density at radius 2 is 1.62 bits per heavy atom. The predicted octanol–water partition coefficient (Wildman–Crippen LogP) is 2.97. The molecule has 0 amide bonds. The molecule has 1 aliphatic rings. The van der Waals surface area contributed by atoms with Gasteiger partial charge in [0.2, 0.25) is 0 Å². The van der Waals surface area contributed by atoms with Gasteiger partial charge >= 0.3 is 6.18 Å². The first-order valence-corrected chi connectivity index (χ1v) is 6.40. The second-order valence-corrected chi connectivity index (χ2v) is 4.76. The number of alkyl halides is 3. The number of benzene rings is 1. The molecule has 1 N–H and O–H groups in total. The van der Waals surface area contributed by atoms with Gasteiger partial charge in [-0.15, -0.1) is 0 Å². The van der Waals surface area contributed by atoms with Crippen molar-refractivity contribution in [1.82, 2.24) is 15.3 Å². The fourth-order valence-corrected chi connectivity index (χ4v) is 1.91. The summed E-state index contributed by atoms with van der Waals surface area (Å²) < 4.78 is 42.7. The van der Waals surface area contributed by atoms with Gasteiger partial charge in [-0.3, -0.25) is 0 Å². The lowest BCUT2D eigenvalue weighted by molar-refractivity contribution is -0.137. The molecule has 2 aromatic rings. The Balaban J connectivity index is 1.68. The minimum absolute atomic E-state index is 0.310. The largest absolute Gasteiger partial charge is 0.454 e. The maximum Gasteiger partial charge on any atom is 0.416 e. The summed E-state index contributed by atoms with van der Waals surface area (Å²) in [6, 6.07) is 4.49. The smallest absolute Gasteiger partial charge is 0.416 e. The van der Waals surface area contributed by atoms with Gasteiger partial charge in [-0.05, 0) is 24.3 Å². The van der Waals surface area contributed by atoms with Crippen molar-refractivity contribution in [2.45, 2.75) is 12.1 Å². The molecule has 0 bridgehead atoms. The third-order valence-electron chi connectivity index (χ3n) is 3.21. The lowest BCUT2D eigenvalue weighted by Crippen LogP contribution is -2.40. The van der Waals surface area contributed by atoms with Crippen LogP contribution in [0.1, 0.15) is 17.3 Å². The van der Waals surface area contributed by atoms with E-state index in [-0.39, 0.29) is 0 Å². The lowest BCUT2D eigenvalue weighted by Gasteiger charge is -2.25. The van der Waals surface area contributed by atoms with Gasteiger partial charge in [-0.2, -0.15) is 13.2 Å². The van der Waals surface area contributed by atoms with Crippen molar-refractivity contribution >= 4 is 0 Å². The van der Waals surface area contributed by atoms with Crippen LogP contribution in [-0.4, -0.2) is 23.1 Å². The molecule has 21 heavy (non-hydrogen) atoms. The highest BCUT2D eigenvalue weighted by Crippen LogP contribution is 2.31. The molecular formula is C14H12F3N3O. The molecule has 3 rings (SSSR count). The maximum absolute atomic E-state index is 12.4. The summed E-state index contributed by atoms with van der Waals surface area (Å²) in [5.74, 6) is 1.77. The molecule has 0 radical (unpaired) electrons. The maximum atomic E-state index is 12.4. The number of aromatic nitrogens is 2. The molecule has 0 spiro atoms. The van der Waals surface area contributed by atoms with Crippen LogP contribution in [0.3, 0.4) is 0 Å². The van der Waals surface area contributed by atoms with Crippen molar-refractivity contribution in [2.24, 2.45) is 0 Å². The Hall–Kier alpha value is -2.15. The van der Waals surface area contributed by atoms with Crippen molar-refractivity contribution in [3.8, 4) is 11.5 Å². The van der Waals surface area contributed by atoms with E-state index in [9.17, 15) is 13.2 Å². The Morgan fingerprint density at radius 3 is 2.10 bits per heavy atom. The highest BCUT2D eigenvalue weighted by molar-refractivity contribution is 5.32. The lowest BCUT2D eigenvalue weighted by atomic mass is 10.0. The Bertz CT molecular complexity index is 607.